The maximum absolute atomic E-state index is 12.4. The maximum atomic E-state index is 12.4. The van der Waals surface area contributed by atoms with Crippen molar-refractivity contribution in [3.63, 3.8) is 0 Å². The van der Waals surface area contributed by atoms with Gasteiger partial charge in [-0.1, -0.05) is 40.5 Å². The minimum Gasteiger partial charge on any atom is -0.663 e. The van der Waals surface area contributed by atoms with E-state index in [1.165, 1.54) is 14.1 Å². The number of hydrogen-bond acceptors (Lipinski definition) is 0. The molecule has 170 valence electrons. The van der Waals surface area contributed by atoms with Crippen molar-refractivity contribution in [2.45, 2.75) is 77.1 Å². The van der Waals surface area contributed by atoms with E-state index in [1.807, 2.05) is 6.92 Å². The third kappa shape index (κ3) is 16.6. The van der Waals surface area contributed by atoms with Crippen LogP contribution >= 0.6 is 0 Å². The molecule has 0 aromatic carbocycles. The average Bonchev–Trinajstić information content (AvgIpc) is 2.50. The smallest absolute Gasteiger partial charge is 0.373 e. The van der Waals surface area contributed by atoms with Gasteiger partial charge in [-0.2, -0.15) is 53.5 Å². The Labute approximate surface area is 168 Å². The summed E-state index contributed by atoms with van der Waals surface area (Å²) in [7, 11) is 2.69. The molecule has 0 rings (SSSR count). The summed E-state index contributed by atoms with van der Waals surface area (Å²) in [6.07, 6.45) is -8.55. The Bertz CT molecular complexity index is 342. The second-order valence-corrected chi connectivity index (χ2v) is 5.80. The van der Waals surface area contributed by atoms with Crippen LogP contribution in [0.4, 0.5) is 26.3 Å². The van der Waals surface area contributed by atoms with Gasteiger partial charge in [-0.05, 0) is 12.1 Å². The van der Waals surface area contributed by atoms with Crippen LogP contribution in [0.25, 0.3) is 21.3 Å². The summed E-state index contributed by atoms with van der Waals surface area (Å²) in [5.74, 6) is 0. The van der Waals surface area contributed by atoms with Gasteiger partial charge in [-0.15, -0.1) is 12.1 Å². The first-order valence-corrected chi connectivity index (χ1v) is 8.47. The van der Waals surface area contributed by atoms with Crippen LogP contribution in [0.5, 0.6) is 0 Å². The zero-order chi connectivity index (χ0) is 21.0. The third-order valence-electron chi connectivity index (χ3n) is 3.53. The van der Waals surface area contributed by atoms with Crippen LogP contribution in [0.3, 0.4) is 0 Å². The first-order valence-electron chi connectivity index (χ1n) is 8.47. The van der Waals surface area contributed by atoms with Crippen molar-refractivity contribution in [3.05, 3.63) is 21.3 Å². The van der Waals surface area contributed by atoms with E-state index in [1.54, 1.807) is 20.8 Å². The standard InChI is InChI=1S/C9H17F3N2.C7H13F3N2.Ni/c1-4-13-7(3)6-8(14-5-2)9(10,11)12;1-5(11-2)4-6(12-3)7(8,9)10;/h7-8H,4-6H2,1-3H3;5-6H,4H2,1-3H3;/q2*-2;. The number of nitrogens with zero attached hydrogens (tertiary/aromatic N) is 4. The molecule has 0 heterocycles. The quantitative estimate of drug-likeness (QED) is 0.281. The monoisotopic (exact) mass is 450 g/mol. The van der Waals surface area contributed by atoms with Crippen LogP contribution in [0.2, 0.25) is 0 Å². The van der Waals surface area contributed by atoms with Gasteiger partial charge in [0.1, 0.15) is 0 Å². The number of hydrogen-bond donors (Lipinski definition) is 0. The fraction of sp³-hybridized carbons (Fsp3) is 1.00. The number of rotatable bonds is 10. The minimum absolute atomic E-state index is 0. The Balaban J connectivity index is -0.000000416. The first-order chi connectivity index (χ1) is 11.8. The molecule has 0 saturated carbocycles. The van der Waals surface area contributed by atoms with E-state index >= 15 is 0 Å². The molecule has 0 aliphatic carbocycles. The predicted molar refractivity (Wildman–Crippen MR) is 94.2 cm³/mol. The van der Waals surface area contributed by atoms with Crippen LogP contribution < -0.4 is 0 Å². The summed E-state index contributed by atoms with van der Waals surface area (Å²) >= 11 is 0. The summed E-state index contributed by atoms with van der Waals surface area (Å²) in [6, 6.07) is -3.70. The first kappa shape index (κ1) is 31.6. The second-order valence-electron chi connectivity index (χ2n) is 5.80. The van der Waals surface area contributed by atoms with E-state index < -0.39 is 24.4 Å². The molecule has 0 aromatic heterocycles. The van der Waals surface area contributed by atoms with Gasteiger partial charge < -0.3 is 21.3 Å². The van der Waals surface area contributed by atoms with Crippen molar-refractivity contribution < 1.29 is 42.8 Å². The van der Waals surface area contributed by atoms with E-state index in [4.69, 9.17) is 0 Å². The molecule has 0 amide bonds. The summed E-state index contributed by atoms with van der Waals surface area (Å²) in [5.41, 5.74) is 0. The summed E-state index contributed by atoms with van der Waals surface area (Å²) < 4.78 is 73.4. The summed E-state index contributed by atoms with van der Waals surface area (Å²) in [6.45, 7) is 7.51. The fourth-order valence-corrected chi connectivity index (χ4v) is 2.06. The summed E-state index contributed by atoms with van der Waals surface area (Å²) in [4.78, 5) is 0. The molecule has 4 unspecified atom stereocenters. The van der Waals surface area contributed by atoms with Crippen molar-refractivity contribution in [1.29, 1.82) is 0 Å². The van der Waals surface area contributed by atoms with Crippen molar-refractivity contribution in [2.75, 3.05) is 27.2 Å². The van der Waals surface area contributed by atoms with Crippen molar-refractivity contribution in [3.8, 4) is 0 Å². The molecule has 27 heavy (non-hydrogen) atoms. The van der Waals surface area contributed by atoms with E-state index in [2.05, 4.69) is 21.3 Å². The molecule has 0 aliphatic heterocycles. The number of alkyl halides is 6. The molecular weight excluding hydrogens is 421 g/mol. The van der Waals surface area contributed by atoms with E-state index in [0.29, 0.717) is 6.54 Å². The van der Waals surface area contributed by atoms with Crippen molar-refractivity contribution >= 4 is 0 Å². The number of halogens is 6. The van der Waals surface area contributed by atoms with Crippen LogP contribution in [0, 0.1) is 0 Å². The molecule has 4 nitrogen and oxygen atoms in total. The zero-order valence-corrected chi connectivity index (χ0v) is 17.5. The van der Waals surface area contributed by atoms with E-state index in [9.17, 15) is 26.3 Å². The normalized spacial score (nSPS) is 16.4. The van der Waals surface area contributed by atoms with Crippen molar-refractivity contribution in [2.24, 2.45) is 0 Å². The molecule has 0 N–H and O–H groups in total. The van der Waals surface area contributed by atoms with Gasteiger partial charge in [0.2, 0.25) is 0 Å². The third-order valence-corrected chi connectivity index (χ3v) is 3.53. The van der Waals surface area contributed by atoms with Gasteiger partial charge in [0.05, 0.1) is 0 Å². The van der Waals surface area contributed by atoms with Crippen molar-refractivity contribution in [1.82, 2.24) is 0 Å². The van der Waals surface area contributed by atoms with Crippen LogP contribution in [0.1, 0.15) is 40.5 Å². The van der Waals surface area contributed by atoms with Gasteiger partial charge in [-0.25, -0.2) is 0 Å². The molecule has 0 saturated heterocycles. The molecule has 0 fully saturated rings. The maximum Gasteiger partial charge on any atom is 0.373 e. The second kappa shape index (κ2) is 15.8. The molecule has 0 aliphatic rings. The predicted octanol–water partition coefficient (Wildman–Crippen LogP) is 6.18. The van der Waals surface area contributed by atoms with E-state index in [-0.39, 0.29) is 48.0 Å². The molecule has 0 bridgehead atoms. The van der Waals surface area contributed by atoms with Crippen LogP contribution in [-0.2, 0) is 16.5 Å². The Hall–Kier alpha value is -0.0865. The van der Waals surface area contributed by atoms with Gasteiger partial charge in [0.15, 0.2) is 0 Å². The summed E-state index contributed by atoms with van der Waals surface area (Å²) in [5, 5.41) is 14.5. The molecule has 0 radical (unpaired) electrons. The molecule has 4 atom stereocenters. The SMILES string of the molecule is CC[N-]C(C)CC([N-]CC)C(F)(F)F.C[N-]C(C)CC([N-]C)C(F)(F)F.[Ni]. The van der Waals surface area contributed by atoms with E-state index in [0.717, 1.165) is 0 Å². The fourth-order valence-electron chi connectivity index (χ4n) is 2.06. The Morgan fingerprint density at radius 1 is 0.667 bits per heavy atom. The van der Waals surface area contributed by atoms with Gasteiger partial charge in [0, 0.05) is 16.5 Å². The Morgan fingerprint density at radius 3 is 1.37 bits per heavy atom. The minimum atomic E-state index is -4.23. The van der Waals surface area contributed by atoms with Gasteiger partial charge >= 0.3 is 12.4 Å². The van der Waals surface area contributed by atoms with Crippen LogP contribution in [-0.4, -0.2) is 63.7 Å². The van der Waals surface area contributed by atoms with Gasteiger partial charge in [0.25, 0.3) is 0 Å². The molecule has 11 heteroatoms. The average molecular weight is 451 g/mol. The molecular formula is C16H30F6N4Ni-4. The molecule has 0 aromatic rings. The van der Waals surface area contributed by atoms with Crippen LogP contribution in [0.15, 0.2) is 0 Å². The molecule has 0 spiro atoms. The Morgan fingerprint density at radius 2 is 1.07 bits per heavy atom. The Kier molecular flexibility index (Phi) is 18.5. The zero-order valence-electron chi connectivity index (χ0n) is 16.5. The largest absolute Gasteiger partial charge is 0.663 e. The topological polar surface area (TPSA) is 56.4 Å². The van der Waals surface area contributed by atoms with Gasteiger partial charge in [-0.3, -0.25) is 0 Å².